The lowest BCUT2D eigenvalue weighted by molar-refractivity contribution is -0.160. The zero-order valence-electron chi connectivity index (χ0n) is 14.8. The molecular weight excluding hydrogens is 368 g/mol. The molecule has 2 rings (SSSR count). The number of phenolic OH excluding ortho intramolecular Hbond substituents is 2. The highest BCUT2D eigenvalue weighted by molar-refractivity contribution is 5.89. The first kappa shape index (κ1) is 20.9. The maximum absolute atomic E-state index is 11.9. The van der Waals surface area contributed by atoms with Crippen LogP contribution >= 0.6 is 0 Å². The molecule has 148 valence electrons. The molecule has 0 aromatic heterocycles. The lowest BCUT2D eigenvalue weighted by Gasteiger charge is -2.14. The molecule has 0 heterocycles. The third kappa shape index (κ3) is 5.57. The molecule has 5 N–H and O–H groups in total. The van der Waals surface area contributed by atoms with Crippen LogP contribution in [0.4, 0.5) is 0 Å². The van der Waals surface area contributed by atoms with Gasteiger partial charge in [0, 0.05) is 12.5 Å². The molecule has 0 bridgehead atoms. The summed E-state index contributed by atoms with van der Waals surface area (Å²) in [7, 11) is 0. The quantitative estimate of drug-likeness (QED) is 0.259. The summed E-state index contributed by atoms with van der Waals surface area (Å²) >= 11 is 0. The number of aromatic hydroxyl groups is 2. The van der Waals surface area contributed by atoms with Crippen LogP contribution in [0.1, 0.15) is 22.3 Å². The minimum absolute atomic E-state index is 0.117. The number of aliphatic carboxylic acids is 1. The Hall–Kier alpha value is -3.36. The fraction of sp³-hybridized carbons (Fsp3) is 0.200. The number of phenols is 2. The number of hydrogen-bond acceptors (Lipinski definition) is 7. The normalized spacial score (nSPS) is 12.1. The highest BCUT2D eigenvalue weighted by atomic mass is 16.6. The maximum Gasteiger partial charge on any atom is 0.345 e. The van der Waals surface area contributed by atoms with E-state index in [0.717, 1.165) is 6.08 Å². The molecule has 28 heavy (non-hydrogen) atoms. The Morgan fingerprint density at radius 1 is 0.964 bits per heavy atom. The number of carbonyl (C=O) groups is 2. The number of carbonyl (C=O) groups excluding carboxylic acids is 1. The van der Waals surface area contributed by atoms with Gasteiger partial charge in [-0.15, -0.1) is 0 Å². The van der Waals surface area contributed by atoms with E-state index in [4.69, 9.17) is 4.74 Å². The number of benzene rings is 2. The van der Waals surface area contributed by atoms with E-state index in [1.165, 1.54) is 24.3 Å². The van der Waals surface area contributed by atoms with Gasteiger partial charge in [0.1, 0.15) is 0 Å². The van der Waals surface area contributed by atoms with Gasteiger partial charge in [-0.2, -0.15) is 0 Å². The van der Waals surface area contributed by atoms with Gasteiger partial charge in [-0.1, -0.05) is 24.3 Å². The van der Waals surface area contributed by atoms with Crippen molar-refractivity contribution in [3.8, 4) is 11.5 Å². The van der Waals surface area contributed by atoms with Gasteiger partial charge in [-0.05, 0) is 40.5 Å². The van der Waals surface area contributed by atoms with Crippen LogP contribution in [0.25, 0.3) is 6.08 Å². The van der Waals surface area contributed by atoms with Crippen LogP contribution in [0.5, 0.6) is 11.5 Å². The van der Waals surface area contributed by atoms with E-state index in [2.05, 4.69) is 0 Å². The summed E-state index contributed by atoms with van der Waals surface area (Å²) < 4.78 is 4.97. The Balaban J connectivity index is 2.07. The van der Waals surface area contributed by atoms with E-state index in [1.807, 2.05) is 0 Å². The second-order valence-corrected chi connectivity index (χ2v) is 5.97. The van der Waals surface area contributed by atoms with Crippen LogP contribution in [0.15, 0.2) is 42.5 Å². The fourth-order valence-corrected chi connectivity index (χ4v) is 2.49. The Morgan fingerprint density at radius 2 is 1.68 bits per heavy atom. The number of carboxylic acids is 1. The molecule has 0 aliphatic heterocycles. The van der Waals surface area contributed by atoms with Gasteiger partial charge in [0.15, 0.2) is 11.5 Å². The van der Waals surface area contributed by atoms with E-state index >= 15 is 0 Å². The largest absolute Gasteiger partial charge is 0.504 e. The van der Waals surface area contributed by atoms with E-state index < -0.39 is 18.0 Å². The number of rotatable bonds is 8. The first-order chi connectivity index (χ1) is 13.3. The molecule has 0 saturated carbocycles. The average Bonchev–Trinajstić information content (AvgIpc) is 2.68. The van der Waals surface area contributed by atoms with E-state index in [-0.39, 0.29) is 31.1 Å². The maximum atomic E-state index is 11.9. The third-order valence-corrected chi connectivity index (χ3v) is 3.98. The standard InChI is InChI=1S/C20H20O8/c21-10-14-4-1-13(7-15(14)11-22)9-18(20(26)27)28-19(25)6-3-12-2-5-16(23)17(24)8-12/h1-8,18,21-24H,9-11H2,(H,26,27)/b6-3+. The number of ether oxygens (including phenoxy) is 1. The molecule has 0 radical (unpaired) electrons. The minimum atomic E-state index is -1.45. The average molecular weight is 388 g/mol. The molecule has 0 aliphatic carbocycles. The summed E-state index contributed by atoms with van der Waals surface area (Å²) in [5.74, 6) is -2.89. The molecule has 1 atom stereocenters. The minimum Gasteiger partial charge on any atom is -0.504 e. The molecule has 0 fully saturated rings. The summed E-state index contributed by atoms with van der Waals surface area (Å²) in [6.07, 6.45) is 0.751. The molecule has 0 amide bonds. The molecular formula is C20H20O8. The molecule has 0 saturated heterocycles. The van der Waals surface area contributed by atoms with Crippen molar-refractivity contribution in [2.75, 3.05) is 0 Å². The monoisotopic (exact) mass is 388 g/mol. The zero-order valence-corrected chi connectivity index (χ0v) is 14.8. The van der Waals surface area contributed by atoms with Crippen molar-refractivity contribution in [3.63, 3.8) is 0 Å². The molecule has 0 aliphatic rings. The summed E-state index contributed by atoms with van der Waals surface area (Å²) in [6.45, 7) is -0.575. The van der Waals surface area contributed by atoms with E-state index in [9.17, 15) is 35.1 Å². The van der Waals surface area contributed by atoms with Crippen LogP contribution in [0.3, 0.4) is 0 Å². The molecule has 0 spiro atoms. The van der Waals surface area contributed by atoms with Gasteiger partial charge in [0.2, 0.25) is 6.10 Å². The highest BCUT2D eigenvalue weighted by Gasteiger charge is 2.22. The Morgan fingerprint density at radius 3 is 2.29 bits per heavy atom. The predicted octanol–water partition coefficient (Wildman–Crippen LogP) is 1.33. The van der Waals surface area contributed by atoms with Gasteiger partial charge < -0.3 is 30.3 Å². The van der Waals surface area contributed by atoms with Crippen molar-refractivity contribution in [2.24, 2.45) is 0 Å². The van der Waals surface area contributed by atoms with Crippen molar-refractivity contribution in [3.05, 3.63) is 64.7 Å². The van der Waals surface area contributed by atoms with Crippen LogP contribution in [-0.4, -0.2) is 43.6 Å². The SMILES string of the molecule is O=C(/C=C/c1ccc(O)c(O)c1)OC(Cc1ccc(CO)c(CO)c1)C(=O)O. The molecule has 2 aromatic rings. The van der Waals surface area contributed by atoms with E-state index in [1.54, 1.807) is 18.2 Å². The summed E-state index contributed by atoms with van der Waals surface area (Å²) in [5.41, 5.74) is 1.91. The van der Waals surface area contributed by atoms with Crippen molar-refractivity contribution >= 4 is 18.0 Å². The zero-order chi connectivity index (χ0) is 20.7. The number of hydrogen-bond donors (Lipinski definition) is 5. The highest BCUT2D eigenvalue weighted by Crippen LogP contribution is 2.25. The summed E-state index contributed by atoms with van der Waals surface area (Å²) in [6, 6.07) is 8.63. The summed E-state index contributed by atoms with van der Waals surface area (Å²) in [4.78, 5) is 23.4. The number of aliphatic hydroxyl groups excluding tert-OH is 2. The Labute approximate surface area is 160 Å². The van der Waals surface area contributed by atoms with E-state index in [0.29, 0.717) is 22.3 Å². The molecule has 8 nitrogen and oxygen atoms in total. The number of aliphatic hydroxyl groups is 2. The lowest BCUT2D eigenvalue weighted by atomic mass is 10.0. The van der Waals surface area contributed by atoms with Gasteiger partial charge >= 0.3 is 11.9 Å². The molecule has 8 heteroatoms. The first-order valence-corrected chi connectivity index (χ1v) is 8.30. The van der Waals surface area contributed by atoms with Crippen molar-refractivity contribution < 1.29 is 39.9 Å². The van der Waals surface area contributed by atoms with Crippen LogP contribution < -0.4 is 0 Å². The van der Waals surface area contributed by atoms with Crippen LogP contribution in [0, 0.1) is 0 Å². The second kappa shape index (κ2) is 9.54. The van der Waals surface area contributed by atoms with Gasteiger partial charge in [0.05, 0.1) is 13.2 Å². The number of carboxylic acid groups (broad SMARTS) is 1. The van der Waals surface area contributed by atoms with Crippen molar-refractivity contribution in [2.45, 2.75) is 25.7 Å². The smallest absolute Gasteiger partial charge is 0.345 e. The molecule has 2 aromatic carbocycles. The summed E-state index contributed by atoms with van der Waals surface area (Å²) in [5, 5.41) is 46.5. The van der Waals surface area contributed by atoms with Gasteiger partial charge in [-0.25, -0.2) is 9.59 Å². The predicted molar refractivity (Wildman–Crippen MR) is 98.3 cm³/mol. The first-order valence-electron chi connectivity index (χ1n) is 8.30. The topological polar surface area (TPSA) is 145 Å². The third-order valence-electron chi connectivity index (χ3n) is 3.98. The Bertz CT molecular complexity index is 888. The van der Waals surface area contributed by atoms with Crippen molar-refractivity contribution in [1.82, 2.24) is 0 Å². The fourth-order valence-electron chi connectivity index (χ4n) is 2.49. The van der Waals surface area contributed by atoms with Crippen LogP contribution in [0.2, 0.25) is 0 Å². The van der Waals surface area contributed by atoms with Gasteiger partial charge in [0.25, 0.3) is 0 Å². The lowest BCUT2D eigenvalue weighted by Crippen LogP contribution is -2.28. The number of esters is 1. The Kier molecular flexibility index (Phi) is 7.14. The van der Waals surface area contributed by atoms with Gasteiger partial charge in [-0.3, -0.25) is 0 Å². The molecule has 1 unspecified atom stereocenters. The van der Waals surface area contributed by atoms with Crippen molar-refractivity contribution in [1.29, 1.82) is 0 Å². The second-order valence-electron chi connectivity index (χ2n) is 5.97. The van der Waals surface area contributed by atoms with Crippen LogP contribution in [-0.2, 0) is 34.0 Å².